The fourth-order valence-electron chi connectivity index (χ4n) is 0.562. The standard InChI is InChI=1S/C7H13BrO/c1-7(4-5-8)3-2-6-9/h3,9H,2,4-6H2,1H3/b7-3+. The predicted octanol–water partition coefficient (Wildman–Crippen LogP) is 2.10. The van der Waals surface area contributed by atoms with Crippen LogP contribution in [-0.2, 0) is 0 Å². The fraction of sp³-hybridized carbons (Fsp3) is 0.714. The molecular weight excluding hydrogens is 180 g/mol. The van der Waals surface area contributed by atoms with E-state index in [0.717, 1.165) is 18.2 Å². The Morgan fingerprint density at radius 1 is 1.67 bits per heavy atom. The van der Waals surface area contributed by atoms with Crippen LogP contribution in [0.1, 0.15) is 19.8 Å². The van der Waals surface area contributed by atoms with Crippen molar-refractivity contribution in [1.29, 1.82) is 0 Å². The van der Waals surface area contributed by atoms with Gasteiger partial charge in [-0.3, -0.25) is 0 Å². The molecule has 0 atom stereocenters. The van der Waals surface area contributed by atoms with Gasteiger partial charge in [-0.25, -0.2) is 0 Å². The van der Waals surface area contributed by atoms with E-state index in [1.54, 1.807) is 0 Å². The third-order valence-corrected chi connectivity index (χ3v) is 1.51. The topological polar surface area (TPSA) is 20.2 Å². The number of halogens is 1. The van der Waals surface area contributed by atoms with E-state index in [1.807, 2.05) is 0 Å². The van der Waals surface area contributed by atoms with E-state index in [0.29, 0.717) is 0 Å². The van der Waals surface area contributed by atoms with E-state index in [-0.39, 0.29) is 6.61 Å². The van der Waals surface area contributed by atoms with Gasteiger partial charge in [-0.05, 0) is 19.8 Å². The Bertz CT molecular complexity index is 88.9. The molecule has 0 saturated heterocycles. The van der Waals surface area contributed by atoms with Gasteiger partial charge in [0.1, 0.15) is 0 Å². The molecule has 0 aliphatic rings. The Balaban J connectivity index is 3.30. The lowest BCUT2D eigenvalue weighted by Crippen LogP contribution is -1.81. The van der Waals surface area contributed by atoms with Crippen molar-refractivity contribution in [2.45, 2.75) is 19.8 Å². The van der Waals surface area contributed by atoms with Crippen molar-refractivity contribution in [2.24, 2.45) is 0 Å². The van der Waals surface area contributed by atoms with E-state index < -0.39 is 0 Å². The van der Waals surface area contributed by atoms with Crippen molar-refractivity contribution in [1.82, 2.24) is 0 Å². The maximum atomic E-state index is 8.43. The van der Waals surface area contributed by atoms with E-state index in [2.05, 4.69) is 28.9 Å². The summed E-state index contributed by atoms with van der Waals surface area (Å²) in [6.07, 6.45) is 3.94. The molecular formula is C7H13BrO. The largest absolute Gasteiger partial charge is 0.396 e. The van der Waals surface area contributed by atoms with Crippen LogP contribution in [0.25, 0.3) is 0 Å². The number of aliphatic hydroxyl groups is 1. The first-order valence-electron chi connectivity index (χ1n) is 3.13. The van der Waals surface area contributed by atoms with Gasteiger partial charge in [-0.1, -0.05) is 27.6 Å². The number of aliphatic hydroxyl groups excluding tert-OH is 1. The van der Waals surface area contributed by atoms with Crippen LogP contribution in [0.3, 0.4) is 0 Å². The summed E-state index contributed by atoms with van der Waals surface area (Å²) < 4.78 is 0. The Morgan fingerprint density at radius 3 is 2.78 bits per heavy atom. The minimum atomic E-state index is 0.264. The number of alkyl halides is 1. The molecule has 0 aromatic rings. The van der Waals surface area contributed by atoms with Crippen LogP contribution < -0.4 is 0 Å². The highest BCUT2D eigenvalue weighted by Gasteiger charge is 1.85. The smallest absolute Gasteiger partial charge is 0.0465 e. The van der Waals surface area contributed by atoms with Crippen LogP contribution in [0, 0.1) is 0 Å². The van der Waals surface area contributed by atoms with E-state index in [9.17, 15) is 0 Å². The fourth-order valence-corrected chi connectivity index (χ4v) is 1.19. The van der Waals surface area contributed by atoms with Gasteiger partial charge in [-0.2, -0.15) is 0 Å². The lowest BCUT2D eigenvalue weighted by molar-refractivity contribution is 0.302. The van der Waals surface area contributed by atoms with Gasteiger partial charge >= 0.3 is 0 Å². The minimum Gasteiger partial charge on any atom is -0.396 e. The summed E-state index contributed by atoms with van der Waals surface area (Å²) in [6.45, 7) is 2.34. The molecule has 0 amide bonds. The van der Waals surface area contributed by atoms with E-state index in [1.165, 1.54) is 5.57 Å². The zero-order valence-corrected chi connectivity index (χ0v) is 7.32. The Hall–Kier alpha value is 0.180. The maximum Gasteiger partial charge on any atom is 0.0465 e. The second-order valence-electron chi connectivity index (χ2n) is 2.00. The van der Waals surface area contributed by atoms with Gasteiger partial charge in [0.2, 0.25) is 0 Å². The number of hydrogen-bond acceptors (Lipinski definition) is 1. The van der Waals surface area contributed by atoms with Gasteiger partial charge < -0.3 is 5.11 Å². The molecule has 9 heavy (non-hydrogen) atoms. The molecule has 0 heterocycles. The first-order valence-corrected chi connectivity index (χ1v) is 4.26. The Labute approximate surface area is 64.9 Å². The summed E-state index contributed by atoms with van der Waals surface area (Å²) in [6, 6.07) is 0. The average molecular weight is 193 g/mol. The molecule has 2 heteroatoms. The lowest BCUT2D eigenvalue weighted by atomic mass is 10.2. The number of allylic oxidation sites excluding steroid dienone is 1. The molecule has 0 aliphatic heterocycles. The molecule has 0 rings (SSSR count). The average Bonchev–Trinajstić information content (AvgIpc) is 1.85. The zero-order chi connectivity index (χ0) is 7.11. The van der Waals surface area contributed by atoms with Crippen LogP contribution in [0.2, 0.25) is 0 Å². The summed E-state index contributed by atoms with van der Waals surface area (Å²) in [5, 5.41) is 9.44. The SMILES string of the molecule is C/C(=C\CCO)CCBr. The van der Waals surface area contributed by atoms with Gasteiger partial charge in [0.25, 0.3) is 0 Å². The highest BCUT2D eigenvalue weighted by molar-refractivity contribution is 9.09. The summed E-state index contributed by atoms with van der Waals surface area (Å²) in [4.78, 5) is 0. The Morgan fingerprint density at radius 2 is 2.33 bits per heavy atom. The normalized spacial score (nSPS) is 12.1. The van der Waals surface area contributed by atoms with Crippen molar-refractivity contribution in [2.75, 3.05) is 11.9 Å². The van der Waals surface area contributed by atoms with Crippen LogP contribution in [0.15, 0.2) is 11.6 Å². The maximum absolute atomic E-state index is 8.43. The molecule has 0 aromatic carbocycles. The van der Waals surface area contributed by atoms with Crippen molar-refractivity contribution in [3.63, 3.8) is 0 Å². The number of hydrogen-bond donors (Lipinski definition) is 1. The first-order chi connectivity index (χ1) is 4.31. The molecule has 0 aromatic heterocycles. The highest BCUT2D eigenvalue weighted by Crippen LogP contribution is 2.02. The summed E-state index contributed by atoms with van der Waals surface area (Å²) in [7, 11) is 0. The van der Waals surface area contributed by atoms with E-state index in [4.69, 9.17) is 5.11 Å². The van der Waals surface area contributed by atoms with E-state index >= 15 is 0 Å². The molecule has 0 radical (unpaired) electrons. The third-order valence-electron chi connectivity index (χ3n) is 1.11. The predicted molar refractivity (Wildman–Crippen MR) is 43.9 cm³/mol. The second kappa shape index (κ2) is 6.30. The molecule has 0 fully saturated rings. The van der Waals surface area contributed by atoms with Gasteiger partial charge in [0, 0.05) is 11.9 Å². The van der Waals surface area contributed by atoms with Gasteiger partial charge in [0.05, 0.1) is 0 Å². The number of rotatable bonds is 4. The molecule has 54 valence electrons. The molecule has 1 N–H and O–H groups in total. The van der Waals surface area contributed by atoms with Gasteiger partial charge in [-0.15, -0.1) is 0 Å². The molecule has 0 bridgehead atoms. The molecule has 0 aliphatic carbocycles. The quantitative estimate of drug-likeness (QED) is 0.535. The summed E-state index contributed by atoms with van der Waals surface area (Å²) in [5.74, 6) is 0. The third kappa shape index (κ3) is 6.06. The monoisotopic (exact) mass is 192 g/mol. The van der Waals surface area contributed by atoms with Crippen LogP contribution in [0.4, 0.5) is 0 Å². The van der Waals surface area contributed by atoms with Crippen molar-refractivity contribution in [3.05, 3.63) is 11.6 Å². The highest BCUT2D eigenvalue weighted by atomic mass is 79.9. The molecule has 0 spiro atoms. The van der Waals surface area contributed by atoms with Crippen molar-refractivity contribution < 1.29 is 5.11 Å². The first kappa shape index (κ1) is 9.18. The van der Waals surface area contributed by atoms with Crippen molar-refractivity contribution in [3.8, 4) is 0 Å². The molecule has 0 saturated carbocycles. The molecule has 0 unspecified atom stereocenters. The second-order valence-corrected chi connectivity index (χ2v) is 2.79. The van der Waals surface area contributed by atoms with Crippen molar-refractivity contribution >= 4 is 15.9 Å². The molecule has 1 nitrogen and oxygen atoms in total. The van der Waals surface area contributed by atoms with Crippen LogP contribution in [0.5, 0.6) is 0 Å². The summed E-state index contributed by atoms with van der Waals surface area (Å²) >= 11 is 3.34. The van der Waals surface area contributed by atoms with Crippen LogP contribution >= 0.6 is 15.9 Å². The zero-order valence-electron chi connectivity index (χ0n) is 5.73. The Kier molecular flexibility index (Phi) is 6.43. The summed E-state index contributed by atoms with van der Waals surface area (Å²) in [5.41, 5.74) is 1.35. The van der Waals surface area contributed by atoms with Gasteiger partial charge in [0.15, 0.2) is 0 Å². The van der Waals surface area contributed by atoms with Crippen LogP contribution in [-0.4, -0.2) is 17.0 Å². The minimum absolute atomic E-state index is 0.264. The lowest BCUT2D eigenvalue weighted by Gasteiger charge is -1.94.